The third kappa shape index (κ3) is 4.39. The molecule has 114 valence electrons. The summed E-state index contributed by atoms with van der Waals surface area (Å²) in [7, 11) is 0. The maximum absolute atomic E-state index is 4.89. The Kier molecular flexibility index (Phi) is 5.54. The summed E-state index contributed by atoms with van der Waals surface area (Å²) >= 11 is 1.82. The van der Waals surface area contributed by atoms with Crippen LogP contribution in [-0.2, 0) is 6.54 Å². The Morgan fingerprint density at radius 2 is 1.76 bits per heavy atom. The molecule has 0 bridgehead atoms. The first kappa shape index (κ1) is 16.2. The summed E-state index contributed by atoms with van der Waals surface area (Å²) < 4.78 is 0. The van der Waals surface area contributed by atoms with Crippen molar-refractivity contribution in [1.82, 2.24) is 10.3 Å². The Bertz CT molecular complexity index is 567. The smallest absolute Gasteiger partial charge is 0.123 e. The van der Waals surface area contributed by atoms with Gasteiger partial charge in [-0.15, -0.1) is 11.3 Å². The van der Waals surface area contributed by atoms with Gasteiger partial charge in [-0.25, -0.2) is 4.98 Å². The SMILES string of the molecule is Cc1ccc(-c2nc(C(C)C)c(CNCC(C)C)s2)cc1. The van der Waals surface area contributed by atoms with Crippen molar-refractivity contribution in [3.63, 3.8) is 0 Å². The number of benzene rings is 1. The van der Waals surface area contributed by atoms with E-state index in [1.807, 2.05) is 11.3 Å². The van der Waals surface area contributed by atoms with E-state index < -0.39 is 0 Å². The first-order chi connectivity index (χ1) is 9.97. The Morgan fingerprint density at radius 1 is 1.10 bits per heavy atom. The predicted octanol–water partition coefficient (Wildman–Crippen LogP) is 4.99. The number of rotatable bonds is 6. The minimum absolute atomic E-state index is 0.469. The summed E-state index contributed by atoms with van der Waals surface area (Å²) in [6, 6.07) is 8.65. The molecule has 0 aliphatic carbocycles. The van der Waals surface area contributed by atoms with E-state index in [1.54, 1.807) is 0 Å². The number of hydrogen-bond donors (Lipinski definition) is 1. The topological polar surface area (TPSA) is 24.9 Å². The van der Waals surface area contributed by atoms with Crippen LogP contribution in [0.4, 0.5) is 0 Å². The van der Waals surface area contributed by atoms with Crippen LogP contribution in [0.25, 0.3) is 10.6 Å². The third-order valence-corrected chi connectivity index (χ3v) is 4.53. The molecule has 2 rings (SSSR count). The van der Waals surface area contributed by atoms with E-state index in [-0.39, 0.29) is 0 Å². The van der Waals surface area contributed by atoms with E-state index in [0.29, 0.717) is 11.8 Å². The molecule has 0 radical (unpaired) electrons. The van der Waals surface area contributed by atoms with Crippen LogP contribution < -0.4 is 5.32 Å². The van der Waals surface area contributed by atoms with Crippen LogP contribution in [-0.4, -0.2) is 11.5 Å². The van der Waals surface area contributed by atoms with Crippen LogP contribution in [0.5, 0.6) is 0 Å². The Hall–Kier alpha value is -1.19. The number of aryl methyl sites for hydroxylation is 1. The van der Waals surface area contributed by atoms with Crippen molar-refractivity contribution in [3.8, 4) is 10.6 Å². The molecule has 0 saturated carbocycles. The van der Waals surface area contributed by atoms with Gasteiger partial charge in [-0.3, -0.25) is 0 Å². The van der Waals surface area contributed by atoms with Crippen LogP contribution >= 0.6 is 11.3 Å². The van der Waals surface area contributed by atoms with E-state index >= 15 is 0 Å². The van der Waals surface area contributed by atoms with Gasteiger partial charge in [0.1, 0.15) is 5.01 Å². The van der Waals surface area contributed by atoms with Crippen LogP contribution in [0, 0.1) is 12.8 Å². The van der Waals surface area contributed by atoms with Crippen molar-refractivity contribution in [2.75, 3.05) is 6.54 Å². The second-order valence-electron chi connectivity index (χ2n) is 6.37. The minimum atomic E-state index is 0.469. The second kappa shape index (κ2) is 7.19. The van der Waals surface area contributed by atoms with Gasteiger partial charge in [0.2, 0.25) is 0 Å². The van der Waals surface area contributed by atoms with Crippen molar-refractivity contribution in [1.29, 1.82) is 0 Å². The van der Waals surface area contributed by atoms with Gasteiger partial charge in [-0.1, -0.05) is 57.5 Å². The monoisotopic (exact) mass is 302 g/mol. The van der Waals surface area contributed by atoms with Gasteiger partial charge < -0.3 is 5.32 Å². The highest BCUT2D eigenvalue weighted by Gasteiger charge is 2.15. The number of thiazole rings is 1. The molecular formula is C18H26N2S. The van der Waals surface area contributed by atoms with E-state index in [4.69, 9.17) is 4.98 Å². The number of hydrogen-bond acceptors (Lipinski definition) is 3. The zero-order valence-corrected chi connectivity index (χ0v) is 14.6. The first-order valence-electron chi connectivity index (χ1n) is 7.74. The van der Waals surface area contributed by atoms with Crippen LogP contribution in [0.2, 0.25) is 0 Å². The normalized spacial score (nSPS) is 11.6. The van der Waals surface area contributed by atoms with Crippen molar-refractivity contribution in [2.24, 2.45) is 5.92 Å². The lowest BCUT2D eigenvalue weighted by Gasteiger charge is -2.08. The molecule has 3 heteroatoms. The molecule has 1 aromatic heterocycles. The molecule has 0 aliphatic heterocycles. The van der Waals surface area contributed by atoms with Crippen molar-refractivity contribution in [3.05, 3.63) is 40.4 Å². The predicted molar refractivity (Wildman–Crippen MR) is 92.9 cm³/mol. The summed E-state index contributed by atoms with van der Waals surface area (Å²) in [6.07, 6.45) is 0. The maximum Gasteiger partial charge on any atom is 0.123 e. The molecule has 1 N–H and O–H groups in total. The molecule has 2 aromatic rings. The van der Waals surface area contributed by atoms with Gasteiger partial charge in [0, 0.05) is 17.0 Å². The Labute approximate surface area is 132 Å². The van der Waals surface area contributed by atoms with E-state index in [0.717, 1.165) is 18.1 Å². The zero-order valence-electron chi connectivity index (χ0n) is 13.7. The van der Waals surface area contributed by atoms with E-state index in [2.05, 4.69) is 64.2 Å². The summed E-state index contributed by atoms with van der Waals surface area (Å²) in [6.45, 7) is 13.0. The molecule has 0 amide bonds. The van der Waals surface area contributed by atoms with Gasteiger partial charge in [-0.2, -0.15) is 0 Å². The van der Waals surface area contributed by atoms with Gasteiger partial charge in [0.25, 0.3) is 0 Å². The van der Waals surface area contributed by atoms with E-state index in [9.17, 15) is 0 Å². The molecule has 0 saturated heterocycles. The number of aromatic nitrogens is 1. The summed E-state index contributed by atoms with van der Waals surface area (Å²) in [5.74, 6) is 1.15. The fourth-order valence-electron chi connectivity index (χ4n) is 2.24. The largest absolute Gasteiger partial charge is 0.312 e. The third-order valence-electron chi connectivity index (χ3n) is 3.41. The molecular weight excluding hydrogens is 276 g/mol. The average molecular weight is 302 g/mol. The lowest BCUT2D eigenvalue weighted by atomic mass is 10.1. The van der Waals surface area contributed by atoms with Gasteiger partial charge in [0.15, 0.2) is 0 Å². The second-order valence-corrected chi connectivity index (χ2v) is 7.46. The molecule has 0 atom stereocenters. The van der Waals surface area contributed by atoms with Gasteiger partial charge in [0.05, 0.1) is 5.69 Å². The maximum atomic E-state index is 4.89. The fourth-order valence-corrected chi connectivity index (χ4v) is 3.43. The van der Waals surface area contributed by atoms with Crippen LogP contribution in [0.3, 0.4) is 0 Å². The molecule has 1 aromatic carbocycles. The molecule has 21 heavy (non-hydrogen) atoms. The number of nitrogens with zero attached hydrogens (tertiary/aromatic N) is 1. The molecule has 0 aliphatic rings. The highest BCUT2D eigenvalue weighted by Crippen LogP contribution is 2.31. The zero-order chi connectivity index (χ0) is 15.4. The summed E-state index contributed by atoms with van der Waals surface area (Å²) in [5.41, 5.74) is 3.76. The number of nitrogens with one attached hydrogen (secondary N) is 1. The summed E-state index contributed by atoms with van der Waals surface area (Å²) in [4.78, 5) is 6.26. The van der Waals surface area contributed by atoms with Crippen molar-refractivity contribution >= 4 is 11.3 Å². The van der Waals surface area contributed by atoms with Gasteiger partial charge in [-0.05, 0) is 25.3 Å². The lowest BCUT2D eigenvalue weighted by molar-refractivity contribution is 0.552. The Balaban J connectivity index is 2.22. The van der Waals surface area contributed by atoms with E-state index in [1.165, 1.54) is 21.7 Å². The van der Waals surface area contributed by atoms with Crippen LogP contribution in [0.15, 0.2) is 24.3 Å². The highest BCUT2D eigenvalue weighted by atomic mass is 32.1. The molecule has 1 heterocycles. The molecule has 0 spiro atoms. The lowest BCUT2D eigenvalue weighted by Crippen LogP contribution is -2.19. The minimum Gasteiger partial charge on any atom is -0.312 e. The quantitative estimate of drug-likeness (QED) is 0.813. The van der Waals surface area contributed by atoms with Crippen molar-refractivity contribution in [2.45, 2.75) is 47.1 Å². The average Bonchev–Trinajstić information content (AvgIpc) is 2.83. The fraction of sp³-hybridized carbons (Fsp3) is 0.500. The standard InChI is InChI=1S/C18H26N2S/c1-12(2)10-19-11-16-17(13(3)4)20-18(21-16)15-8-6-14(5)7-9-15/h6-9,12-13,19H,10-11H2,1-5H3. The van der Waals surface area contributed by atoms with Crippen molar-refractivity contribution < 1.29 is 0 Å². The first-order valence-corrected chi connectivity index (χ1v) is 8.56. The molecule has 2 nitrogen and oxygen atoms in total. The Morgan fingerprint density at radius 3 is 2.33 bits per heavy atom. The molecule has 0 unspecified atom stereocenters. The highest BCUT2D eigenvalue weighted by molar-refractivity contribution is 7.15. The molecule has 0 fully saturated rings. The van der Waals surface area contributed by atoms with Gasteiger partial charge >= 0.3 is 0 Å². The van der Waals surface area contributed by atoms with Crippen LogP contribution in [0.1, 0.15) is 49.7 Å². The summed E-state index contributed by atoms with van der Waals surface area (Å²) in [5, 5.41) is 4.68.